The van der Waals surface area contributed by atoms with Crippen LogP contribution in [0.1, 0.15) is 35.8 Å². The van der Waals surface area contributed by atoms with Gasteiger partial charge in [-0.1, -0.05) is 0 Å². The van der Waals surface area contributed by atoms with Gasteiger partial charge in [0.25, 0.3) is 0 Å². The summed E-state index contributed by atoms with van der Waals surface area (Å²) in [7, 11) is 0. The van der Waals surface area contributed by atoms with Gasteiger partial charge in [0.1, 0.15) is 0 Å². The molecular formula is C28H23AsN5O3. The molecule has 2 N–H and O–H groups in total. The summed E-state index contributed by atoms with van der Waals surface area (Å²) in [6, 6.07) is 21.2. The molecule has 0 aliphatic carbocycles. The van der Waals surface area contributed by atoms with Gasteiger partial charge in [0.15, 0.2) is 0 Å². The van der Waals surface area contributed by atoms with Crippen LogP contribution in [-0.4, -0.2) is 46.7 Å². The minimum absolute atomic E-state index is 0.154. The fourth-order valence-corrected chi connectivity index (χ4v) is 5.80. The summed E-state index contributed by atoms with van der Waals surface area (Å²) >= 11 is -0.701. The fourth-order valence-electron chi connectivity index (χ4n) is 3.57. The summed E-state index contributed by atoms with van der Waals surface area (Å²) in [5.41, 5.74) is 2.10. The van der Waals surface area contributed by atoms with Crippen LogP contribution < -0.4 is 18.9 Å². The topological polar surface area (TPSA) is 110 Å². The van der Waals surface area contributed by atoms with Crippen molar-refractivity contribution in [2.24, 2.45) is 0 Å². The molecule has 1 radical (unpaired) electrons. The third kappa shape index (κ3) is 5.76. The molecule has 0 saturated heterocycles. The van der Waals surface area contributed by atoms with Crippen LogP contribution in [0.2, 0.25) is 0 Å². The van der Waals surface area contributed by atoms with Gasteiger partial charge in [-0.25, -0.2) is 0 Å². The second-order valence-corrected chi connectivity index (χ2v) is 10.9. The Balaban J connectivity index is 1.52. The third-order valence-corrected chi connectivity index (χ3v) is 7.94. The van der Waals surface area contributed by atoms with E-state index in [9.17, 15) is 9.90 Å². The van der Waals surface area contributed by atoms with Crippen LogP contribution >= 0.6 is 0 Å². The average Bonchev–Trinajstić information content (AvgIpc) is 2.91. The van der Waals surface area contributed by atoms with Crippen molar-refractivity contribution in [3.8, 4) is 17.2 Å². The Labute approximate surface area is 220 Å². The second kappa shape index (κ2) is 10.8. The first-order valence-electron chi connectivity index (χ1n) is 11.6. The van der Waals surface area contributed by atoms with Crippen molar-refractivity contribution in [1.29, 1.82) is 0 Å². The number of anilines is 1. The van der Waals surface area contributed by atoms with Crippen molar-refractivity contribution < 1.29 is 14.6 Å². The maximum atomic E-state index is 13.0. The Morgan fingerprint density at radius 1 is 0.973 bits per heavy atom. The van der Waals surface area contributed by atoms with Crippen LogP contribution in [0.4, 0.5) is 5.82 Å². The van der Waals surface area contributed by atoms with E-state index in [1.165, 1.54) is 6.33 Å². The van der Waals surface area contributed by atoms with Crippen molar-refractivity contribution in [1.82, 2.24) is 19.9 Å². The quantitative estimate of drug-likeness (QED) is 0.294. The maximum absolute atomic E-state index is 13.0. The summed E-state index contributed by atoms with van der Waals surface area (Å²) in [5.74, 6) is 1.82. The summed E-state index contributed by atoms with van der Waals surface area (Å²) in [5, 5.41) is 13.3. The molecule has 0 bridgehead atoms. The number of rotatable bonds is 7. The Bertz CT molecular complexity index is 1560. The van der Waals surface area contributed by atoms with Gasteiger partial charge in [-0.2, -0.15) is 0 Å². The molecule has 3 heterocycles. The van der Waals surface area contributed by atoms with Crippen LogP contribution in [-0.2, 0) is 0 Å². The number of fused-ring (bicyclic) bond motifs is 1. The van der Waals surface area contributed by atoms with E-state index in [4.69, 9.17) is 9.72 Å². The monoisotopic (exact) mass is 552 g/mol. The van der Waals surface area contributed by atoms with Crippen molar-refractivity contribution >= 4 is 47.3 Å². The van der Waals surface area contributed by atoms with Crippen molar-refractivity contribution in [2.45, 2.75) is 19.8 Å². The van der Waals surface area contributed by atoms with Crippen molar-refractivity contribution in [2.75, 3.05) is 5.32 Å². The molecule has 0 aliphatic rings. The molecule has 0 saturated carbocycles. The van der Waals surface area contributed by atoms with Crippen LogP contribution in [0.25, 0.3) is 11.0 Å². The van der Waals surface area contributed by atoms with E-state index < -0.39 is 15.8 Å². The Kier molecular flexibility index (Phi) is 7.10. The molecular weight excluding hydrogens is 529 g/mol. The average molecular weight is 552 g/mol. The van der Waals surface area contributed by atoms with Crippen LogP contribution in [0, 0.1) is 0 Å². The number of carbonyl (C=O) groups excluding carboxylic acids is 1. The number of amides is 1. The van der Waals surface area contributed by atoms with E-state index in [0.29, 0.717) is 28.5 Å². The van der Waals surface area contributed by atoms with E-state index in [1.54, 1.807) is 54.7 Å². The first-order valence-corrected chi connectivity index (χ1v) is 13.5. The molecule has 5 rings (SSSR count). The van der Waals surface area contributed by atoms with Gasteiger partial charge >= 0.3 is 221 Å². The number of hydrogen-bond acceptors (Lipinski definition) is 7. The number of carbonyl (C=O) groups is 1. The molecule has 0 spiro atoms. The molecule has 0 unspecified atom stereocenters. The van der Waals surface area contributed by atoms with E-state index >= 15 is 0 Å². The van der Waals surface area contributed by atoms with Gasteiger partial charge < -0.3 is 0 Å². The van der Waals surface area contributed by atoms with E-state index in [0.717, 1.165) is 19.9 Å². The predicted octanol–water partition coefficient (Wildman–Crippen LogP) is 3.95. The Morgan fingerprint density at radius 3 is 2.57 bits per heavy atom. The number of nitrogens with zero attached hydrogens (tertiary/aromatic N) is 4. The number of phenols is 1. The van der Waals surface area contributed by atoms with Gasteiger partial charge in [-0.3, -0.25) is 0 Å². The minimum atomic E-state index is -0.701. The molecule has 2 aromatic carbocycles. The zero-order valence-corrected chi connectivity index (χ0v) is 22.0. The Hall–Kier alpha value is -4.29. The van der Waals surface area contributed by atoms with Crippen molar-refractivity contribution in [3.05, 3.63) is 96.6 Å². The molecule has 3 aromatic heterocycles. The number of aromatic nitrogens is 4. The normalized spacial score (nSPS) is 11.3. The number of hydrogen-bond donors (Lipinski definition) is 2. The summed E-state index contributed by atoms with van der Waals surface area (Å²) < 4.78 is 7.88. The fraction of sp³-hybridized carbons (Fsp3) is 0.107. The van der Waals surface area contributed by atoms with Gasteiger partial charge in [-0.15, -0.1) is 0 Å². The molecule has 9 heteroatoms. The van der Waals surface area contributed by atoms with Crippen LogP contribution in [0.15, 0.2) is 85.3 Å². The third-order valence-electron chi connectivity index (χ3n) is 5.51. The first kappa shape index (κ1) is 24.4. The van der Waals surface area contributed by atoms with Crippen LogP contribution in [0.5, 0.6) is 17.2 Å². The van der Waals surface area contributed by atoms with Gasteiger partial charge in [0, 0.05) is 0 Å². The number of ether oxygens (including phenoxy) is 1. The van der Waals surface area contributed by atoms with Crippen molar-refractivity contribution in [3.63, 3.8) is 0 Å². The number of phenolic OH excluding ortho intramolecular Hbond substituents is 1. The standard InChI is InChI=1S/C28H23AsN5O3/c1-17(2)23-12-11-21-26(31-16-32-27(21)33-23)29-22-15-18(28(36)34-25-5-3-4-14-30-25)6-13-24(22)37-20-9-7-19(35)8-10-20/h3-17,35H,1-2H3,(H,30,34,36). The second-order valence-electron chi connectivity index (χ2n) is 8.52. The molecule has 0 fully saturated rings. The zero-order valence-electron chi connectivity index (χ0n) is 20.2. The molecule has 183 valence electrons. The molecule has 0 atom stereocenters. The number of nitrogens with one attached hydrogen (secondary N) is 1. The van der Waals surface area contributed by atoms with E-state index in [-0.39, 0.29) is 17.6 Å². The molecule has 8 nitrogen and oxygen atoms in total. The summed E-state index contributed by atoms with van der Waals surface area (Å²) in [4.78, 5) is 30.8. The molecule has 37 heavy (non-hydrogen) atoms. The first-order chi connectivity index (χ1) is 18.0. The molecule has 5 aromatic rings. The predicted molar refractivity (Wildman–Crippen MR) is 143 cm³/mol. The number of benzene rings is 2. The number of aromatic hydroxyl groups is 1. The Morgan fingerprint density at radius 2 is 1.81 bits per heavy atom. The summed E-state index contributed by atoms with van der Waals surface area (Å²) in [6.45, 7) is 4.19. The SMILES string of the molecule is CC(C)c1ccc2c([As]c3cc(C(=O)Nc4ccccn4)ccc3Oc3ccc(O)cc3)ncnc2n1. The molecule has 0 aliphatic heterocycles. The zero-order chi connectivity index (χ0) is 25.8. The van der Waals surface area contributed by atoms with Gasteiger partial charge in [0.2, 0.25) is 0 Å². The molecule has 1 amide bonds. The van der Waals surface area contributed by atoms with E-state index in [2.05, 4.69) is 34.1 Å². The van der Waals surface area contributed by atoms with Gasteiger partial charge in [0.05, 0.1) is 0 Å². The van der Waals surface area contributed by atoms with E-state index in [1.807, 2.05) is 24.3 Å². The summed E-state index contributed by atoms with van der Waals surface area (Å²) in [6.07, 6.45) is 3.15. The number of pyridine rings is 2. The van der Waals surface area contributed by atoms with Crippen LogP contribution in [0.3, 0.4) is 0 Å². The van der Waals surface area contributed by atoms with Gasteiger partial charge in [-0.05, 0) is 0 Å².